The number of rotatable bonds is 5. The van der Waals surface area contributed by atoms with Crippen molar-refractivity contribution < 1.29 is 18.3 Å². The number of aliphatic carboxylic acids is 1. The van der Waals surface area contributed by atoms with E-state index in [2.05, 4.69) is 13.8 Å². The molecule has 19 heavy (non-hydrogen) atoms. The van der Waals surface area contributed by atoms with Gasteiger partial charge in [-0.3, -0.25) is 4.79 Å². The minimum absolute atomic E-state index is 0.00402. The van der Waals surface area contributed by atoms with E-state index in [9.17, 15) is 13.2 Å². The van der Waals surface area contributed by atoms with Gasteiger partial charge in [-0.2, -0.15) is 0 Å². The molecule has 0 aromatic carbocycles. The predicted molar refractivity (Wildman–Crippen MR) is 73.7 cm³/mol. The fourth-order valence-electron chi connectivity index (χ4n) is 3.58. The van der Waals surface area contributed by atoms with Gasteiger partial charge in [-0.1, -0.05) is 13.8 Å². The summed E-state index contributed by atoms with van der Waals surface area (Å²) in [7, 11) is -3.15. The normalized spacial score (nSPS) is 33.9. The van der Waals surface area contributed by atoms with Crippen LogP contribution >= 0.6 is 0 Å². The molecule has 0 aliphatic heterocycles. The molecule has 2 atom stereocenters. The molecule has 2 fully saturated rings. The molecule has 4 nitrogen and oxygen atoms in total. The summed E-state index contributed by atoms with van der Waals surface area (Å²) in [6.45, 7) is 4.23. The van der Waals surface area contributed by atoms with Crippen LogP contribution in [0.1, 0.15) is 52.4 Å². The van der Waals surface area contributed by atoms with Crippen molar-refractivity contribution in [3.63, 3.8) is 0 Å². The zero-order valence-electron chi connectivity index (χ0n) is 11.8. The lowest BCUT2D eigenvalue weighted by Gasteiger charge is -2.32. The average molecular weight is 288 g/mol. The van der Waals surface area contributed by atoms with Gasteiger partial charge in [0.1, 0.15) is 0 Å². The van der Waals surface area contributed by atoms with Crippen LogP contribution in [0.2, 0.25) is 0 Å². The fraction of sp³-hybridized carbons (Fsp3) is 0.929. The van der Waals surface area contributed by atoms with Gasteiger partial charge in [-0.15, -0.1) is 0 Å². The summed E-state index contributed by atoms with van der Waals surface area (Å²) in [6.07, 6.45) is 4.09. The van der Waals surface area contributed by atoms with E-state index in [-0.39, 0.29) is 17.4 Å². The fourth-order valence-corrected chi connectivity index (χ4v) is 6.30. The monoisotopic (exact) mass is 288 g/mol. The first-order valence-corrected chi connectivity index (χ1v) is 8.87. The Hall–Kier alpha value is -0.580. The second-order valence-electron chi connectivity index (χ2n) is 6.92. The van der Waals surface area contributed by atoms with Crippen LogP contribution in [-0.2, 0) is 14.6 Å². The van der Waals surface area contributed by atoms with E-state index in [0.717, 1.165) is 32.1 Å². The van der Waals surface area contributed by atoms with Crippen molar-refractivity contribution in [3.8, 4) is 0 Å². The molecular weight excluding hydrogens is 264 g/mol. The number of carbonyl (C=O) groups is 1. The number of hydrogen-bond acceptors (Lipinski definition) is 3. The van der Waals surface area contributed by atoms with Gasteiger partial charge in [0.2, 0.25) is 0 Å². The summed E-state index contributed by atoms with van der Waals surface area (Å²) in [6, 6.07) is 0. The lowest BCUT2D eigenvalue weighted by molar-refractivity contribution is -0.138. The SMILES string of the molecule is CC1CC(C)CC(S(=O)(=O)CC2(CC(=O)O)CC2)C1. The van der Waals surface area contributed by atoms with E-state index in [1.807, 2.05) is 0 Å². The highest BCUT2D eigenvalue weighted by molar-refractivity contribution is 7.92. The Morgan fingerprint density at radius 3 is 2.11 bits per heavy atom. The highest BCUT2D eigenvalue weighted by Crippen LogP contribution is 2.51. The highest BCUT2D eigenvalue weighted by Gasteiger charge is 2.49. The van der Waals surface area contributed by atoms with Crippen LogP contribution < -0.4 is 0 Å². The molecule has 2 rings (SSSR count). The summed E-state index contributed by atoms with van der Waals surface area (Å²) >= 11 is 0. The quantitative estimate of drug-likeness (QED) is 0.843. The molecule has 0 saturated heterocycles. The van der Waals surface area contributed by atoms with E-state index in [1.54, 1.807) is 0 Å². The van der Waals surface area contributed by atoms with Crippen molar-refractivity contribution in [2.75, 3.05) is 5.75 Å². The third kappa shape index (κ3) is 3.71. The summed E-state index contributed by atoms with van der Waals surface area (Å²) in [5.74, 6) is 0.116. The number of carboxylic acids is 1. The van der Waals surface area contributed by atoms with E-state index < -0.39 is 21.2 Å². The number of hydrogen-bond donors (Lipinski definition) is 1. The highest BCUT2D eigenvalue weighted by atomic mass is 32.2. The topological polar surface area (TPSA) is 71.4 Å². The van der Waals surface area contributed by atoms with Gasteiger partial charge in [-0.25, -0.2) is 8.42 Å². The molecule has 5 heteroatoms. The van der Waals surface area contributed by atoms with Crippen LogP contribution in [0.3, 0.4) is 0 Å². The zero-order valence-corrected chi connectivity index (χ0v) is 12.6. The van der Waals surface area contributed by atoms with Gasteiger partial charge >= 0.3 is 5.97 Å². The van der Waals surface area contributed by atoms with E-state index in [1.165, 1.54) is 0 Å². The Labute approximate surface area is 115 Å². The minimum Gasteiger partial charge on any atom is -0.481 e. The van der Waals surface area contributed by atoms with Crippen LogP contribution in [0.4, 0.5) is 0 Å². The van der Waals surface area contributed by atoms with Crippen LogP contribution in [0.5, 0.6) is 0 Å². The molecular formula is C14H24O4S. The molecule has 0 aromatic rings. The first kappa shape index (κ1) is 14.8. The predicted octanol–water partition coefficient (Wildman–Crippen LogP) is 2.48. The largest absolute Gasteiger partial charge is 0.481 e. The Kier molecular flexibility index (Phi) is 3.96. The van der Waals surface area contributed by atoms with Gasteiger partial charge in [0.25, 0.3) is 0 Å². The van der Waals surface area contributed by atoms with Crippen LogP contribution in [-0.4, -0.2) is 30.5 Å². The zero-order chi connectivity index (χ0) is 14.3. The minimum atomic E-state index is -3.15. The summed E-state index contributed by atoms with van der Waals surface area (Å²) < 4.78 is 25.0. The second-order valence-corrected chi connectivity index (χ2v) is 9.20. The van der Waals surface area contributed by atoms with Crippen LogP contribution in [0.25, 0.3) is 0 Å². The molecule has 0 spiro atoms. The molecule has 0 heterocycles. The van der Waals surface area contributed by atoms with Crippen LogP contribution in [0.15, 0.2) is 0 Å². The number of sulfone groups is 1. The van der Waals surface area contributed by atoms with Crippen molar-refractivity contribution in [3.05, 3.63) is 0 Å². The smallest absolute Gasteiger partial charge is 0.303 e. The number of carboxylic acid groups (broad SMARTS) is 1. The van der Waals surface area contributed by atoms with Crippen LogP contribution in [0, 0.1) is 17.3 Å². The third-order valence-corrected chi connectivity index (χ3v) is 7.05. The molecule has 0 radical (unpaired) electrons. The molecule has 2 aliphatic carbocycles. The van der Waals surface area contributed by atoms with Gasteiger partial charge in [-0.05, 0) is 49.4 Å². The molecule has 0 bridgehead atoms. The third-order valence-electron chi connectivity index (χ3n) is 4.63. The van der Waals surface area contributed by atoms with Gasteiger partial charge < -0.3 is 5.11 Å². The molecule has 1 N–H and O–H groups in total. The molecule has 2 aliphatic rings. The summed E-state index contributed by atoms with van der Waals surface area (Å²) in [5.41, 5.74) is -0.450. The molecule has 2 saturated carbocycles. The Bertz CT molecular complexity index is 440. The maximum atomic E-state index is 12.5. The summed E-state index contributed by atoms with van der Waals surface area (Å²) in [5, 5.41) is 8.63. The van der Waals surface area contributed by atoms with Crippen molar-refractivity contribution in [2.24, 2.45) is 17.3 Å². The van der Waals surface area contributed by atoms with Crippen molar-refractivity contribution in [2.45, 2.75) is 57.6 Å². The standard InChI is InChI=1S/C14H24O4S/c1-10-5-11(2)7-12(6-10)19(17,18)9-14(3-4-14)8-13(15)16/h10-12H,3-9H2,1-2H3,(H,15,16). The van der Waals surface area contributed by atoms with E-state index >= 15 is 0 Å². The maximum Gasteiger partial charge on any atom is 0.303 e. The molecule has 2 unspecified atom stereocenters. The lowest BCUT2D eigenvalue weighted by atomic mass is 9.83. The first-order chi connectivity index (χ1) is 8.72. The lowest BCUT2D eigenvalue weighted by Crippen LogP contribution is -2.35. The van der Waals surface area contributed by atoms with Gasteiger partial charge in [0.15, 0.2) is 9.84 Å². The van der Waals surface area contributed by atoms with E-state index in [0.29, 0.717) is 11.8 Å². The van der Waals surface area contributed by atoms with Gasteiger partial charge in [0.05, 0.1) is 17.4 Å². The van der Waals surface area contributed by atoms with Crippen molar-refractivity contribution in [1.29, 1.82) is 0 Å². The van der Waals surface area contributed by atoms with Crippen molar-refractivity contribution >= 4 is 15.8 Å². The van der Waals surface area contributed by atoms with E-state index in [4.69, 9.17) is 5.11 Å². The Balaban J connectivity index is 2.04. The Morgan fingerprint density at radius 2 is 1.68 bits per heavy atom. The summed E-state index contributed by atoms with van der Waals surface area (Å²) in [4.78, 5) is 10.8. The average Bonchev–Trinajstić information content (AvgIpc) is 2.93. The Morgan fingerprint density at radius 1 is 1.16 bits per heavy atom. The first-order valence-electron chi connectivity index (χ1n) is 7.16. The molecule has 110 valence electrons. The van der Waals surface area contributed by atoms with Crippen molar-refractivity contribution in [1.82, 2.24) is 0 Å². The molecule has 0 aromatic heterocycles. The second kappa shape index (κ2) is 5.08. The maximum absolute atomic E-state index is 12.5. The molecule has 0 amide bonds. The van der Waals surface area contributed by atoms with Gasteiger partial charge in [0, 0.05) is 0 Å².